The minimum Gasteiger partial charge on any atom is -0.355 e. The second-order valence-electron chi connectivity index (χ2n) is 4.06. The minimum absolute atomic E-state index is 0.0367. The monoisotopic (exact) mass is 272 g/mol. The predicted molar refractivity (Wildman–Crippen MR) is 76.9 cm³/mol. The van der Waals surface area contributed by atoms with Crippen LogP contribution in [-0.2, 0) is 4.79 Å². The fraction of sp³-hybridized carbons (Fsp3) is 0.200. The number of amides is 1. The molecule has 0 unspecified atom stereocenters. The average molecular weight is 273 g/mol. The maximum Gasteiger partial charge on any atom is 0.216 e. The zero-order valence-corrected chi connectivity index (χ0v) is 11.3. The summed E-state index contributed by atoms with van der Waals surface area (Å²) in [7, 11) is 0. The first-order chi connectivity index (χ1) is 9.16. The molecule has 3 nitrogen and oxygen atoms in total. The fourth-order valence-corrected chi connectivity index (χ4v) is 1.86. The van der Waals surface area contributed by atoms with Crippen molar-refractivity contribution >= 4 is 28.4 Å². The third kappa shape index (κ3) is 3.70. The number of pyridine rings is 1. The van der Waals surface area contributed by atoms with Crippen molar-refractivity contribution in [2.75, 3.05) is 6.54 Å². The normalized spacial score (nSPS) is 9.79. The van der Waals surface area contributed by atoms with E-state index in [0.717, 1.165) is 16.5 Å². The van der Waals surface area contributed by atoms with Gasteiger partial charge in [-0.3, -0.25) is 9.78 Å². The molecular formula is C15H13ClN2O. The maximum absolute atomic E-state index is 10.7. The van der Waals surface area contributed by atoms with Gasteiger partial charge in [-0.05, 0) is 24.3 Å². The van der Waals surface area contributed by atoms with Crippen molar-refractivity contribution < 1.29 is 4.79 Å². The van der Waals surface area contributed by atoms with Crippen molar-refractivity contribution in [2.24, 2.45) is 0 Å². The molecule has 0 radical (unpaired) electrons. The Morgan fingerprint density at radius 3 is 3.05 bits per heavy atom. The maximum atomic E-state index is 10.7. The molecule has 1 aromatic heterocycles. The van der Waals surface area contributed by atoms with Crippen molar-refractivity contribution in [3.63, 3.8) is 0 Å². The molecule has 0 aliphatic carbocycles. The highest BCUT2D eigenvalue weighted by atomic mass is 35.5. The van der Waals surface area contributed by atoms with Gasteiger partial charge in [0.05, 0.1) is 10.5 Å². The summed E-state index contributed by atoms with van der Waals surface area (Å²) in [6.45, 7) is 2.06. The van der Waals surface area contributed by atoms with Crippen LogP contribution in [-0.4, -0.2) is 17.4 Å². The number of rotatable bonds is 2. The Bertz CT molecular complexity index is 671. The summed E-state index contributed by atoms with van der Waals surface area (Å²) in [6.07, 6.45) is 2.31. The third-order valence-corrected chi connectivity index (χ3v) is 2.87. The predicted octanol–water partition coefficient (Wildman–Crippen LogP) is 2.77. The molecule has 0 atom stereocenters. The number of benzene rings is 1. The average Bonchev–Trinajstić information content (AvgIpc) is 2.39. The van der Waals surface area contributed by atoms with Crippen LogP contribution in [0.3, 0.4) is 0 Å². The third-order valence-electron chi connectivity index (χ3n) is 2.55. The SMILES string of the molecule is CC(=O)NCCC#Cc1ccc2nccc(Cl)c2c1. The number of hydrogen-bond acceptors (Lipinski definition) is 2. The Morgan fingerprint density at radius 1 is 1.42 bits per heavy atom. The van der Waals surface area contributed by atoms with E-state index in [1.807, 2.05) is 18.2 Å². The van der Waals surface area contributed by atoms with Gasteiger partial charge in [-0.25, -0.2) is 0 Å². The first kappa shape index (κ1) is 13.4. The van der Waals surface area contributed by atoms with Gasteiger partial charge in [-0.1, -0.05) is 23.4 Å². The van der Waals surface area contributed by atoms with Crippen LogP contribution in [0.25, 0.3) is 10.9 Å². The first-order valence-corrected chi connectivity index (χ1v) is 6.32. The lowest BCUT2D eigenvalue weighted by Gasteiger charge is -1.99. The van der Waals surface area contributed by atoms with Crippen LogP contribution in [0.2, 0.25) is 5.02 Å². The highest BCUT2D eigenvalue weighted by molar-refractivity contribution is 6.35. The fourth-order valence-electron chi connectivity index (χ4n) is 1.66. The Labute approximate surface area is 117 Å². The number of carbonyl (C=O) groups excluding carboxylic acids is 1. The molecule has 0 saturated carbocycles. The Morgan fingerprint density at radius 2 is 2.26 bits per heavy atom. The van der Waals surface area contributed by atoms with E-state index >= 15 is 0 Å². The van der Waals surface area contributed by atoms with Crippen molar-refractivity contribution in [1.29, 1.82) is 0 Å². The Balaban J connectivity index is 2.11. The summed E-state index contributed by atoms with van der Waals surface area (Å²) in [5.74, 6) is 6.03. The molecule has 2 rings (SSSR count). The van der Waals surface area contributed by atoms with Gasteiger partial charge in [-0.15, -0.1) is 0 Å². The van der Waals surface area contributed by atoms with Crippen molar-refractivity contribution in [2.45, 2.75) is 13.3 Å². The molecular weight excluding hydrogens is 260 g/mol. The van der Waals surface area contributed by atoms with Gasteiger partial charge in [0.15, 0.2) is 0 Å². The van der Waals surface area contributed by atoms with Gasteiger partial charge < -0.3 is 5.32 Å². The molecule has 0 aliphatic heterocycles. The summed E-state index contributed by atoms with van der Waals surface area (Å²) in [5, 5.41) is 4.27. The van der Waals surface area contributed by atoms with Gasteiger partial charge in [0, 0.05) is 37.0 Å². The second-order valence-corrected chi connectivity index (χ2v) is 4.47. The molecule has 1 heterocycles. The topological polar surface area (TPSA) is 42.0 Å². The smallest absolute Gasteiger partial charge is 0.216 e. The van der Waals surface area contributed by atoms with Crippen LogP contribution in [0.15, 0.2) is 30.5 Å². The molecule has 1 N–H and O–H groups in total. The molecule has 1 amide bonds. The highest BCUT2D eigenvalue weighted by Gasteiger charge is 1.99. The largest absolute Gasteiger partial charge is 0.355 e. The highest BCUT2D eigenvalue weighted by Crippen LogP contribution is 2.22. The van der Waals surface area contributed by atoms with Gasteiger partial charge in [-0.2, -0.15) is 0 Å². The summed E-state index contributed by atoms with van der Waals surface area (Å²) < 4.78 is 0. The molecule has 0 aliphatic rings. The Kier molecular flexibility index (Phi) is 4.38. The number of carbonyl (C=O) groups is 1. The number of aromatic nitrogens is 1. The number of nitrogens with zero attached hydrogens (tertiary/aromatic N) is 1. The molecule has 2 aromatic rings. The van der Waals surface area contributed by atoms with Crippen molar-refractivity contribution in [3.8, 4) is 11.8 Å². The first-order valence-electron chi connectivity index (χ1n) is 5.94. The standard InChI is InChI=1S/C15H13ClN2O/c1-11(19)17-8-3-2-4-12-5-6-15-13(10-12)14(16)7-9-18-15/h5-7,9-10H,3,8H2,1H3,(H,17,19). The van der Waals surface area contributed by atoms with Gasteiger partial charge in [0.25, 0.3) is 0 Å². The van der Waals surface area contributed by atoms with E-state index in [0.29, 0.717) is 18.0 Å². The number of hydrogen-bond donors (Lipinski definition) is 1. The molecule has 4 heteroatoms. The lowest BCUT2D eigenvalue weighted by atomic mass is 10.1. The minimum atomic E-state index is -0.0367. The summed E-state index contributed by atoms with van der Waals surface area (Å²) in [5.41, 5.74) is 1.75. The van der Waals surface area contributed by atoms with Crippen LogP contribution in [0.1, 0.15) is 18.9 Å². The Hall–Kier alpha value is -2.05. The molecule has 0 saturated heterocycles. The molecule has 1 aromatic carbocycles. The second kappa shape index (κ2) is 6.21. The quantitative estimate of drug-likeness (QED) is 0.675. The molecule has 96 valence electrons. The van der Waals surface area contributed by atoms with E-state index in [9.17, 15) is 4.79 Å². The summed E-state index contributed by atoms with van der Waals surface area (Å²) >= 11 is 6.11. The number of fused-ring (bicyclic) bond motifs is 1. The number of halogens is 1. The lowest BCUT2D eigenvalue weighted by molar-refractivity contribution is -0.118. The van der Waals surface area contributed by atoms with E-state index in [1.54, 1.807) is 12.3 Å². The van der Waals surface area contributed by atoms with E-state index in [-0.39, 0.29) is 5.91 Å². The lowest BCUT2D eigenvalue weighted by Crippen LogP contribution is -2.20. The molecule has 0 spiro atoms. The molecule has 0 fully saturated rings. The zero-order chi connectivity index (χ0) is 13.7. The summed E-state index contributed by atoms with van der Waals surface area (Å²) in [4.78, 5) is 14.9. The zero-order valence-electron chi connectivity index (χ0n) is 10.5. The van der Waals surface area contributed by atoms with Crippen LogP contribution in [0, 0.1) is 11.8 Å². The van der Waals surface area contributed by atoms with E-state index in [2.05, 4.69) is 22.1 Å². The van der Waals surface area contributed by atoms with Crippen molar-refractivity contribution in [3.05, 3.63) is 41.0 Å². The number of nitrogens with one attached hydrogen (secondary N) is 1. The van der Waals surface area contributed by atoms with Gasteiger partial charge in [0.1, 0.15) is 0 Å². The van der Waals surface area contributed by atoms with Gasteiger partial charge >= 0.3 is 0 Å². The van der Waals surface area contributed by atoms with Crippen molar-refractivity contribution in [1.82, 2.24) is 10.3 Å². The van der Waals surface area contributed by atoms with E-state index in [4.69, 9.17) is 11.6 Å². The van der Waals surface area contributed by atoms with Crippen LogP contribution < -0.4 is 5.32 Å². The van der Waals surface area contributed by atoms with E-state index < -0.39 is 0 Å². The van der Waals surface area contributed by atoms with Crippen LogP contribution in [0.4, 0.5) is 0 Å². The van der Waals surface area contributed by atoms with Gasteiger partial charge in [0.2, 0.25) is 5.91 Å². The van der Waals surface area contributed by atoms with Crippen LogP contribution >= 0.6 is 11.6 Å². The van der Waals surface area contributed by atoms with E-state index in [1.165, 1.54) is 6.92 Å². The summed E-state index contributed by atoms with van der Waals surface area (Å²) in [6, 6.07) is 7.50. The molecule has 19 heavy (non-hydrogen) atoms. The molecule has 0 bridgehead atoms. The van der Waals surface area contributed by atoms with Crippen LogP contribution in [0.5, 0.6) is 0 Å².